The number of hydrogen-bond donors (Lipinski definition) is 1. The summed E-state index contributed by atoms with van der Waals surface area (Å²) in [5, 5.41) is 14.7. The molecule has 1 aliphatic rings. The molecule has 0 bridgehead atoms. The van der Waals surface area contributed by atoms with Gasteiger partial charge in [0.15, 0.2) is 0 Å². The number of aromatic nitrogens is 3. The van der Waals surface area contributed by atoms with Crippen LogP contribution >= 0.6 is 11.3 Å². The number of rotatable bonds is 4. The number of likely N-dealkylation sites (tertiary alicyclic amines) is 1. The first-order valence-corrected chi connectivity index (χ1v) is 9.25. The van der Waals surface area contributed by atoms with Crippen LogP contribution in [0.5, 0.6) is 0 Å². The summed E-state index contributed by atoms with van der Waals surface area (Å²) in [5.74, 6) is 0.311. The third-order valence-electron chi connectivity index (χ3n) is 4.34. The van der Waals surface area contributed by atoms with Gasteiger partial charge in [-0.1, -0.05) is 23.5 Å². The van der Waals surface area contributed by atoms with Crippen LogP contribution in [0, 0.1) is 6.92 Å². The Hall–Kier alpha value is -2.45. The van der Waals surface area contributed by atoms with Gasteiger partial charge in [0.1, 0.15) is 22.0 Å². The third-order valence-corrected chi connectivity index (χ3v) is 5.23. The summed E-state index contributed by atoms with van der Waals surface area (Å²) < 4.78 is 13.2. The van der Waals surface area contributed by atoms with Crippen LogP contribution < -0.4 is 5.32 Å². The van der Waals surface area contributed by atoms with E-state index in [2.05, 4.69) is 20.5 Å². The smallest absolute Gasteiger partial charge is 0.239 e. The van der Waals surface area contributed by atoms with Crippen LogP contribution in [-0.2, 0) is 4.79 Å². The molecule has 1 fully saturated rings. The maximum atomic E-state index is 13.2. The van der Waals surface area contributed by atoms with Crippen molar-refractivity contribution in [3.05, 3.63) is 35.5 Å². The van der Waals surface area contributed by atoms with Crippen LogP contribution in [-0.4, -0.2) is 51.8 Å². The minimum atomic E-state index is -0.830. The molecule has 4 rings (SSSR count). The van der Waals surface area contributed by atoms with Crippen molar-refractivity contribution in [2.75, 3.05) is 25.0 Å². The molecule has 8 heteroatoms. The number of anilines is 1. The van der Waals surface area contributed by atoms with Gasteiger partial charge in [0.25, 0.3) is 0 Å². The molecule has 1 N–H and O–H groups in total. The van der Waals surface area contributed by atoms with Gasteiger partial charge in [-0.3, -0.25) is 9.69 Å². The lowest BCUT2D eigenvalue weighted by molar-refractivity contribution is -0.117. The second-order valence-corrected chi connectivity index (χ2v) is 7.61. The van der Waals surface area contributed by atoms with E-state index in [4.69, 9.17) is 0 Å². The largest absolute Gasteiger partial charge is 0.310 e. The Morgan fingerprint density at radius 1 is 1.35 bits per heavy atom. The fourth-order valence-corrected chi connectivity index (χ4v) is 3.76. The molecular weight excluding hydrogens is 353 g/mol. The van der Waals surface area contributed by atoms with Crippen LogP contribution in [0.15, 0.2) is 30.5 Å². The summed E-state index contributed by atoms with van der Waals surface area (Å²) in [7, 11) is 0. The predicted molar refractivity (Wildman–Crippen MR) is 100.0 cm³/mol. The molecule has 1 aromatic carbocycles. The first kappa shape index (κ1) is 17.0. The molecule has 3 aromatic rings. The Morgan fingerprint density at radius 2 is 2.23 bits per heavy atom. The molecule has 0 radical (unpaired) electrons. The van der Waals surface area contributed by atoms with Crippen molar-refractivity contribution < 1.29 is 9.18 Å². The van der Waals surface area contributed by atoms with E-state index in [9.17, 15) is 9.18 Å². The number of pyridine rings is 1. The Balaban J connectivity index is 1.51. The molecule has 0 saturated carbocycles. The maximum Gasteiger partial charge on any atom is 0.239 e. The van der Waals surface area contributed by atoms with E-state index in [1.54, 1.807) is 6.20 Å². The average Bonchev–Trinajstić information content (AvgIpc) is 3.22. The fraction of sp³-hybridized carbons (Fsp3) is 0.333. The summed E-state index contributed by atoms with van der Waals surface area (Å²) in [4.78, 5) is 18.3. The van der Waals surface area contributed by atoms with Crippen molar-refractivity contribution in [3.63, 3.8) is 0 Å². The third kappa shape index (κ3) is 3.71. The molecule has 0 spiro atoms. The number of amides is 1. The van der Waals surface area contributed by atoms with Gasteiger partial charge in [0.05, 0.1) is 6.54 Å². The maximum absolute atomic E-state index is 13.2. The molecular formula is C18H18FN5OS. The summed E-state index contributed by atoms with van der Waals surface area (Å²) in [6.45, 7) is 3.04. The molecule has 6 nitrogen and oxygen atoms in total. The van der Waals surface area contributed by atoms with Crippen molar-refractivity contribution in [3.8, 4) is 10.6 Å². The Labute approximate surface area is 154 Å². The highest BCUT2D eigenvalue weighted by atomic mass is 32.1. The Morgan fingerprint density at radius 3 is 2.96 bits per heavy atom. The molecule has 26 heavy (non-hydrogen) atoms. The highest BCUT2D eigenvalue weighted by molar-refractivity contribution is 7.14. The van der Waals surface area contributed by atoms with Gasteiger partial charge in [0.2, 0.25) is 5.91 Å². The first-order chi connectivity index (χ1) is 12.6. The van der Waals surface area contributed by atoms with Crippen LogP contribution in [0.4, 0.5) is 10.2 Å². The number of carbonyl (C=O) groups is 1. The van der Waals surface area contributed by atoms with Gasteiger partial charge in [-0.25, -0.2) is 9.37 Å². The van der Waals surface area contributed by atoms with E-state index < -0.39 is 6.17 Å². The number of hydrogen-bond acceptors (Lipinski definition) is 6. The number of alkyl halides is 1. The number of halogens is 1. The molecule has 0 unspecified atom stereocenters. The predicted octanol–water partition coefficient (Wildman–Crippen LogP) is 3.04. The summed E-state index contributed by atoms with van der Waals surface area (Å²) in [6, 6.07) is 7.82. The number of benzene rings is 1. The van der Waals surface area contributed by atoms with E-state index in [0.29, 0.717) is 25.3 Å². The molecule has 2 aromatic heterocycles. The average molecular weight is 371 g/mol. The standard InChI is InChI=1S/C18H18FN5OS/c1-11-22-23-18(26-11)12-2-3-13-8-20-16(7-14(13)6-12)21-17(25)10-24-5-4-15(19)9-24/h2-3,6-8,15H,4-5,9-10H2,1H3,(H,20,21,25)/t15-/m0/s1. The number of carbonyl (C=O) groups excluding carboxylic acids is 1. The summed E-state index contributed by atoms with van der Waals surface area (Å²) in [6.07, 6.45) is 1.40. The SMILES string of the molecule is Cc1nnc(-c2ccc3cnc(NC(=O)CN4CC[C@H](F)C4)cc3c2)s1. The highest BCUT2D eigenvalue weighted by Crippen LogP contribution is 2.27. The van der Waals surface area contributed by atoms with Gasteiger partial charge >= 0.3 is 0 Å². The number of fused-ring (bicyclic) bond motifs is 1. The van der Waals surface area contributed by atoms with Crippen molar-refractivity contribution in [1.29, 1.82) is 0 Å². The summed E-state index contributed by atoms with van der Waals surface area (Å²) >= 11 is 1.54. The van der Waals surface area contributed by atoms with Crippen molar-refractivity contribution >= 4 is 33.8 Å². The van der Waals surface area contributed by atoms with Gasteiger partial charge in [-0.2, -0.15) is 0 Å². The Kier molecular flexibility index (Phi) is 4.60. The van der Waals surface area contributed by atoms with E-state index >= 15 is 0 Å². The quantitative estimate of drug-likeness (QED) is 0.763. The first-order valence-electron chi connectivity index (χ1n) is 8.43. The monoisotopic (exact) mass is 371 g/mol. The molecule has 1 atom stereocenters. The second-order valence-electron chi connectivity index (χ2n) is 6.43. The van der Waals surface area contributed by atoms with Gasteiger partial charge in [-0.15, -0.1) is 10.2 Å². The van der Waals surface area contributed by atoms with Crippen LogP contribution in [0.1, 0.15) is 11.4 Å². The molecule has 1 amide bonds. The lowest BCUT2D eigenvalue weighted by Gasteiger charge is -2.14. The normalized spacial score (nSPS) is 17.7. The zero-order valence-corrected chi connectivity index (χ0v) is 15.1. The van der Waals surface area contributed by atoms with E-state index in [-0.39, 0.29) is 12.5 Å². The van der Waals surface area contributed by atoms with Gasteiger partial charge < -0.3 is 5.32 Å². The van der Waals surface area contributed by atoms with Crippen molar-refractivity contribution in [1.82, 2.24) is 20.1 Å². The van der Waals surface area contributed by atoms with Gasteiger partial charge in [0, 0.05) is 30.2 Å². The van der Waals surface area contributed by atoms with Crippen molar-refractivity contribution in [2.45, 2.75) is 19.5 Å². The molecule has 134 valence electrons. The second kappa shape index (κ2) is 7.05. The number of nitrogens with one attached hydrogen (secondary N) is 1. The zero-order valence-electron chi connectivity index (χ0n) is 14.3. The molecule has 1 aliphatic heterocycles. The van der Waals surface area contributed by atoms with Crippen LogP contribution in [0.3, 0.4) is 0 Å². The lowest BCUT2D eigenvalue weighted by Crippen LogP contribution is -2.32. The molecule has 0 aliphatic carbocycles. The molecule has 3 heterocycles. The van der Waals surface area contributed by atoms with Crippen LogP contribution in [0.25, 0.3) is 21.3 Å². The van der Waals surface area contributed by atoms with Crippen molar-refractivity contribution in [2.24, 2.45) is 0 Å². The van der Waals surface area contributed by atoms with E-state index in [1.807, 2.05) is 36.1 Å². The van der Waals surface area contributed by atoms with E-state index in [1.165, 1.54) is 11.3 Å². The minimum Gasteiger partial charge on any atom is -0.310 e. The fourth-order valence-electron chi connectivity index (χ4n) is 3.07. The Bertz CT molecular complexity index is 960. The van der Waals surface area contributed by atoms with Crippen LogP contribution in [0.2, 0.25) is 0 Å². The lowest BCUT2D eigenvalue weighted by atomic mass is 10.1. The number of aryl methyl sites for hydroxylation is 1. The zero-order chi connectivity index (χ0) is 18.1. The minimum absolute atomic E-state index is 0.179. The number of nitrogens with zero attached hydrogens (tertiary/aromatic N) is 4. The molecule has 1 saturated heterocycles. The highest BCUT2D eigenvalue weighted by Gasteiger charge is 2.23. The summed E-state index contributed by atoms with van der Waals surface area (Å²) in [5.41, 5.74) is 0.984. The van der Waals surface area contributed by atoms with Gasteiger partial charge in [-0.05, 0) is 30.9 Å². The van der Waals surface area contributed by atoms with E-state index in [0.717, 1.165) is 26.4 Å². The topological polar surface area (TPSA) is 71.0 Å².